The molecule has 126 valence electrons. The van der Waals surface area contributed by atoms with E-state index in [1.165, 1.54) is 50.3 Å². The lowest BCUT2D eigenvalue weighted by molar-refractivity contribution is -0.116. The second-order valence-electron chi connectivity index (χ2n) is 6.78. The predicted octanol–water partition coefficient (Wildman–Crippen LogP) is 3.80. The maximum atomic E-state index is 11.9. The van der Waals surface area contributed by atoms with Gasteiger partial charge in [0.15, 0.2) is 0 Å². The van der Waals surface area contributed by atoms with Crippen LogP contribution in [0.5, 0.6) is 0 Å². The highest BCUT2D eigenvalue weighted by molar-refractivity contribution is 5.91. The molecule has 5 nitrogen and oxygen atoms in total. The van der Waals surface area contributed by atoms with Crippen molar-refractivity contribution in [2.75, 3.05) is 0 Å². The van der Waals surface area contributed by atoms with Gasteiger partial charge in [-0.2, -0.15) is 5.10 Å². The summed E-state index contributed by atoms with van der Waals surface area (Å²) in [7, 11) is 0. The number of carbonyl (C=O) groups is 1. The molecule has 2 saturated carbocycles. The first-order valence-corrected chi connectivity index (χ1v) is 8.87. The van der Waals surface area contributed by atoms with Crippen molar-refractivity contribution < 1.29 is 9.21 Å². The largest absolute Gasteiger partial charge is 0.465 e. The maximum Gasteiger partial charge on any atom is 0.244 e. The first kappa shape index (κ1) is 15.2. The summed E-state index contributed by atoms with van der Waals surface area (Å²) < 4.78 is 7.43. The van der Waals surface area contributed by atoms with Crippen molar-refractivity contribution in [1.29, 1.82) is 0 Å². The molecule has 2 fully saturated rings. The number of furan rings is 1. The number of hydrogen-bond acceptors (Lipinski definition) is 3. The molecule has 1 N–H and O–H groups in total. The first-order chi connectivity index (χ1) is 11.8. The summed E-state index contributed by atoms with van der Waals surface area (Å²) in [6.07, 6.45) is 12.4. The highest BCUT2D eigenvalue weighted by Crippen LogP contribution is 2.43. The smallest absolute Gasteiger partial charge is 0.244 e. The Morgan fingerprint density at radius 2 is 2.17 bits per heavy atom. The van der Waals surface area contributed by atoms with E-state index in [-0.39, 0.29) is 5.91 Å². The summed E-state index contributed by atoms with van der Waals surface area (Å²) in [5.74, 6) is 1.22. The molecular weight excluding hydrogens is 302 g/mol. The normalized spacial score (nSPS) is 18.5. The van der Waals surface area contributed by atoms with E-state index in [2.05, 4.69) is 16.1 Å². The van der Waals surface area contributed by atoms with Gasteiger partial charge in [-0.15, -0.1) is 0 Å². The van der Waals surface area contributed by atoms with Gasteiger partial charge in [-0.1, -0.05) is 12.8 Å². The lowest BCUT2D eigenvalue weighted by Crippen LogP contribution is -2.20. The predicted molar refractivity (Wildman–Crippen MR) is 91.3 cm³/mol. The summed E-state index contributed by atoms with van der Waals surface area (Å²) in [6, 6.07) is 6.36. The molecule has 0 aliphatic heterocycles. The molecule has 0 bridgehead atoms. The third-order valence-corrected chi connectivity index (χ3v) is 4.87. The minimum Gasteiger partial charge on any atom is -0.465 e. The maximum absolute atomic E-state index is 11.9. The third-order valence-electron chi connectivity index (χ3n) is 4.87. The monoisotopic (exact) mass is 325 g/mol. The van der Waals surface area contributed by atoms with Gasteiger partial charge < -0.3 is 9.73 Å². The molecular formula is C19H23N3O2. The molecule has 0 atom stereocenters. The molecule has 2 aromatic rings. The van der Waals surface area contributed by atoms with E-state index >= 15 is 0 Å². The van der Waals surface area contributed by atoms with Gasteiger partial charge in [0, 0.05) is 17.7 Å². The molecule has 0 aromatic carbocycles. The molecule has 1 amide bonds. The Bertz CT molecular complexity index is 720. The summed E-state index contributed by atoms with van der Waals surface area (Å²) >= 11 is 0. The second-order valence-corrected chi connectivity index (χ2v) is 6.78. The zero-order valence-electron chi connectivity index (χ0n) is 13.8. The topological polar surface area (TPSA) is 60.1 Å². The van der Waals surface area contributed by atoms with Crippen LogP contribution in [0, 0.1) is 0 Å². The molecule has 4 rings (SSSR count). The number of carbonyl (C=O) groups excluding carboxylic acids is 1. The van der Waals surface area contributed by atoms with Crippen molar-refractivity contribution in [3.8, 4) is 0 Å². The van der Waals surface area contributed by atoms with E-state index in [4.69, 9.17) is 9.52 Å². The van der Waals surface area contributed by atoms with Crippen LogP contribution in [0.1, 0.15) is 67.6 Å². The van der Waals surface area contributed by atoms with E-state index in [0.29, 0.717) is 24.3 Å². The Hall–Kier alpha value is -2.30. The molecule has 0 unspecified atom stereocenters. The van der Waals surface area contributed by atoms with Crippen LogP contribution >= 0.6 is 0 Å². The number of aromatic nitrogens is 2. The van der Waals surface area contributed by atoms with E-state index in [1.807, 2.05) is 6.07 Å². The summed E-state index contributed by atoms with van der Waals surface area (Å²) in [4.78, 5) is 11.9. The minimum absolute atomic E-state index is 0.130. The van der Waals surface area contributed by atoms with E-state index in [9.17, 15) is 4.79 Å². The summed E-state index contributed by atoms with van der Waals surface area (Å²) in [5.41, 5.74) is 2.33. The molecule has 0 saturated heterocycles. The van der Waals surface area contributed by atoms with E-state index < -0.39 is 0 Å². The average Bonchev–Trinajstić information content (AvgIpc) is 3.04. The fourth-order valence-electron chi connectivity index (χ4n) is 3.45. The first-order valence-electron chi connectivity index (χ1n) is 8.87. The van der Waals surface area contributed by atoms with E-state index in [0.717, 1.165) is 5.69 Å². The van der Waals surface area contributed by atoms with Crippen LogP contribution in [0.15, 0.2) is 35.0 Å². The van der Waals surface area contributed by atoms with Gasteiger partial charge in [-0.25, -0.2) is 0 Å². The minimum atomic E-state index is -0.130. The zero-order chi connectivity index (χ0) is 16.4. The fraction of sp³-hybridized carbons (Fsp3) is 0.474. The lowest BCUT2D eigenvalue weighted by atomic mass is 10.2. The Labute approximate surface area is 141 Å². The number of amides is 1. The van der Waals surface area contributed by atoms with Gasteiger partial charge in [0.1, 0.15) is 5.76 Å². The molecule has 2 heterocycles. The number of nitrogens with zero attached hydrogens (tertiary/aromatic N) is 2. The highest BCUT2D eigenvalue weighted by Gasteiger charge is 2.31. The number of hydrogen-bond donors (Lipinski definition) is 1. The van der Waals surface area contributed by atoms with Gasteiger partial charge in [-0.05, 0) is 50.0 Å². The van der Waals surface area contributed by atoms with Crippen LogP contribution in [0.25, 0.3) is 6.08 Å². The van der Waals surface area contributed by atoms with Crippen molar-refractivity contribution in [1.82, 2.24) is 15.1 Å². The molecule has 0 spiro atoms. The van der Waals surface area contributed by atoms with Gasteiger partial charge in [0.05, 0.1) is 24.5 Å². The summed E-state index contributed by atoms with van der Waals surface area (Å²) in [5, 5.41) is 7.70. The fourth-order valence-corrected chi connectivity index (χ4v) is 3.45. The van der Waals surface area contributed by atoms with Crippen LogP contribution in [-0.2, 0) is 11.3 Å². The molecule has 2 aliphatic rings. The van der Waals surface area contributed by atoms with Crippen molar-refractivity contribution >= 4 is 12.0 Å². The zero-order valence-corrected chi connectivity index (χ0v) is 13.8. The van der Waals surface area contributed by atoms with Crippen LogP contribution in [0.2, 0.25) is 0 Å². The van der Waals surface area contributed by atoms with Crippen molar-refractivity contribution in [2.45, 2.75) is 57.0 Å². The Morgan fingerprint density at radius 3 is 2.88 bits per heavy atom. The van der Waals surface area contributed by atoms with E-state index in [1.54, 1.807) is 18.4 Å². The van der Waals surface area contributed by atoms with Crippen LogP contribution in [0.3, 0.4) is 0 Å². The lowest BCUT2D eigenvalue weighted by Gasteiger charge is -2.13. The van der Waals surface area contributed by atoms with Crippen molar-refractivity contribution in [3.05, 3.63) is 47.7 Å². The molecule has 0 radical (unpaired) electrons. The molecule has 2 aromatic heterocycles. The Morgan fingerprint density at radius 1 is 1.33 bits per heavy atom. The summed E-state index contributed by atoms with van der Waals surface area (Å²) in [6.45, 7) is 0.473. The van der Waals surface area contributed by atoms with Gasteiger partial charge in [0.2, 0.25) is 5.91 Å². The Kier molecular flexibility index (Phi) is 4.24. The quantitative estimate of drug-likeness (QED) is 0.822. The molecule has 2 aliphatic carbocycles. The molecule has 24 heavy (non-hydrogen) atoms. The number of nitrogens with one attached hydrogen (secondary N) is 1. The van der Waals surface area contributed by atoms with Crippen molar-refractivity contribution in [2.24, 2.45) is 0 Å². The average molecular weight is 325 g/mol. The second kappa shape index (κ2) is 6.67. The van der Waals surface area contributed by atoms with Gasteiger partial charge in [0.25, 0.3) is 0 Å². The number of rotatable bonds is 6. The standard InChI is InChI=1S/C19H23N3O2/c23-19(10-9-17-6-3-11-24-17)20-13-15-12-18(14-7-8-14)22(21-15)16-4-1-2-5-16/h3,6,9-12,14,16H,1-2,4-5,7-8,13H2,(H,20,23). The van der Waals surface area contributed by atoms with Gasteiger partial charge >= 0.3 is 0 Å². The van der Waals surface area contributed by atoms with Crippen LogP contribution in [-0.4, -0.2) is 15.7 Å². The van der Waals surface area contributed by atoms with Gasteiger partial charge in [-0.3, -0.25) is 9.48 Å². The highest BCUT2D eigenvalue weighted by atomic mass is 16.3. The Balaban J connectivity index is 1.39. The van der Waals surface area contributed by atoms with Crippen molar-refractivity contribution in [3.63, 3.8) is 0 Å². The van der Waals surface area contributed by atoms with Crippen LogP contribution in [0.4, 0.5) is 0 Å². The third kappa shape index (κ3) is 3.45. The van der Waals surface area contributed by atoms with Crippen LogP contribution < -0.4 is 5.32 Å². The SMILES string of the molecule is O=C(C=Cc1ccco1)NCc1cc(C2CC2)n(C2CCCC2)n1. The molecule has 5 heteroatoms.